The van der Waals surface area contributed by atoms with Gasteiger partial charge in [-0.3, -0.25) is 4.79 Å². The minimum atomic E-state index is -1.02. The molecule has 0 radical (unpaired) electrons. The first-order valence-electron chi connectivity index (χ1n) is 6.24. The molecule has 1 unspecified atom stereocenters. The Hall–Kier alpha value is -1.14. The lowest BCUT2D eigenvalue weighted by molar-refractivity contribution is -0.162. The zero-order valence-electron chi connectivity index (χ0n) is 10.6. The number of amides is 1. The molecule has 2 rings (SSSR count). The number of carbonyl (C=O) groups excluding carboxylic acids is 1. The summed E-state index contributed by atoms with van der Waals surface area (Å²) in [4.78, 5) is 24.5. The van der Waals surface area contributed by atoms with E-state index in [9.17, 15) is 9.59 Å². The molecule has 6 nitrogen and oxygen atoms in total. The van der Waals surface area contributed by atoms with Gasteiger partial charge in [-0.25, -0.2) is 4.79 Å². The van der Waals surface area contributed by atoms with Crippen LogP contribution in [0.1, 0.15) is 25.7 Å². The number of methoxy groups -OCH3 is 1. The van der Waals surface area contributed by atoms with E-state index in [1.54, 1.807) is 12.0 Å². The van der Waals surface area contributed by atoms with Crippen LogP contribution in [0, 0.1) is 0 Å². The highest BCUT2D eigenvalue weighted by Gasteiger charge is 2.41. The lowest BCUT2D eigenvalue weighted by atomic mass is 9.77. The number of hydrogen-bond donors (Lipinski definition) is 1. The van der Waals surface area contributed by atoms with Gasteiger partial charge in [0.2, 0.25) is 5.91 Å². The van der Waals surface area contributed by atoms with Crippen LogP contribution in [0.3, 0.4) is 0 Å². The largest absolute Gasteiger partial charge is 0.479 e. The van der Waals surface area contributed by atoms with E-state index in [0.29, 0.717) is 13.0 Å². The zero-order valence-corrected chi connectivity index (χ0v) is 10.6. The molecule has 0 aromatic rings. The van der Waals surface area contributed by atoms with Crippen molar-refractivity contribution in [2.45, 2.75) is 37.4 Å². The fraction of sp³-hybridized carbons (Fsp3) is 0.833. The quantitative estimate of drug-likeness (QED) is 0.781. The highest BCUT2D eigenvalue weighted by Crippen LogP contribution is 2.38. The Morgan fingerprint density at radius 1 is 1.50 bits per heavy atom. The molecule has 1 heterocycles. The van der Waals surface area contributed by atoms with Gasteiger partial charge < -0.3 is 19.5 Å². The Morgan fingerprint density at radius 2 is 2.22 bits per heavy atom. The highest BCUT2D eigenvalue weighted by atomic mass is 16.5. The minimum Gasteiger partial charge on any atom is -0.479 e. The van der Waals surface area contributed by atoms with Crippen LogP contribution in [0.5, 0.6) is 0 Å². The molecule has 0 bridgehead atoms. The van der Waals surface area contributed by atoms with Gasteiger partial charge >= 0.3 is 5.97 Å². The van der Waals surface area contributed by atoms with Gasteiger partial charge in [0, 0.05) is 13.7 Å². The number of aliphatic carboxylic acids is 1. The number of rotatable bonds is 4. The number of morpholine rings is 1. The number of carboxylic acids is 1. The van der Waals surface area contributed by atoms with Crippen LogP contribution in [0.25, 0.3) is 0 Å². The Kier molecular flexibility index (Phi) is 3.87. The van der Waals surface area contributed by atoms with Crippen LogP contribution in [-0.2, 0) is 19.1 Å². The number of nitrogens with zero attached hydrogens (tertiary/aromatic N) is 1. The van der Waals surface area contributed by atoms with Crippen molar-refractivity contribution in [2.75, 3.05) is 26.8 Å². The van der Waals surface area contributed by atoms with E-state index in [-0.39, 0.29) is 24.7 Å². The van der Waals surface area contributed by atoms with E-state index >= 15 is 0 Å². The first-order chi connectivity index (χ1) is 8.56. The average Bonchev–Trinajstić information content (AvgIpc) is 2.33. The minimum absolute atomic E-state index is 0.0360. The van der Waals surface area contributed by atoms with Crippen LogP contribution < -0.4 is 0 Å². The van der Waals surface area contributed by atoms with Crippen molar-refractivity contribution in [2.24, 2.45) is 0 Å². The topological polar surface area (TPSA) is 76.1 Å². The van der Waals surface area contributed by atoms with Gasteiger partial charge in [0.1, 0.15) is 0 Å². The van der Waals surface area contributed by atoms with Gasteiger partial charge in [0.15, 0.2) is 6.10 Å². The predicted molar refractivity (Wildman–Crippen MR) is 62.2 cm³/mol. The maximum absolute atomic E-state index is 12.1. The molecule has 1 amide bonds. The summed E-state index contributed by atoms with van der Waals surface area (Å²) in [6.07, 6.45) is 2.34. The van der Waals surface area contributed by atoms with Crippen LogP contribution >= 0.6 is 0 Å². The molecular formula is C12H19NO5. The molecule has 1 atom stereocenters. The SMILES string of the molecule is COC1(CC(=O)N2CCOC(C(=O)O)C2)CCC1. The van der Waals surface area contributed by atoms with Gasteiger partial charge in [-0.15, -0.1) is 0 Å². The van der Waals surface area contributed by atoms with E-state index in [1.165, 1.54) is 0 Å². The molecule has 102 valence electrons. The first-order valence-corrected chi connectivity index (χ1v) is 6.24. The Labute approximate surface area is 106 Å². The maximum atomic E-state index is 12.1. The molecule has 1 N–H and O–H groups in total. The second-order valence-electron chi connectivity index (χ2n) is 4.95. The summed E-state index contributed by atoms with van der Waals surface area (Å²) in [5.41, 5.74) is -0.311. The molecular weight excluding hydrogens is 238 g/mol. The van der Waals surface area contributed by atoms with Crippen molar-refractivity contribution in [3.63, 3.8) is 0 Å². The highest BCUT2D eigenvalue weighted by molar-refractivity contribution is 5.79. The maximum Gasteiger partial charge on any atom is 0.334 e. The molecule has 18 heavy (non-hydrogen) atoms. The summed E-state index contributed by atoms with van der Waals surface area (Å²) >= 11 is 0. The Balaban J connectivity index is 1.90. The number of carboxylic acid groups (broad SMARTS) is 1. The summed E-state index contributed by atoms with van der Waals surface area (Å²) in [5, 5.41) is 8.89. The molecule has 0 aromatic carbocycles. The molecule has 0 aromatic heterocycles. The van der Waals surface area contributed by atoms with Crippen molar-refractivity contribution in [3.05, 3.63) is 0 Å². The molecule has 2 fully saturated rings. The summed E-state index contributed by atoms with van der Waals surface area (Å²) in [5.74, 6) is -1.05. The van der Waals surface area contributed by atoms with E-state index < -0.39 is 12.1 Å². The molecule has 1 saturated heterocycles. The normalized spacial score (nSPS) is 26.5. The van der Waals surface area contributed by atoms with E-state index in [1.807, 2.05) is 0 Å². The molecule has 1 saturated carbocycles. The molecule has 1 aliphatic carbocycles. The van der Waals surface area contributed by atoms with Crippen LogP contribution in [0.15, 0.2) is 0 Å². The Morgan fingerprint density at radius 3 is 2.72 bits per heavy atom. The van der Waals surface area contributed by atoms with E-state index in [4.69, 9.17) is 14.6 Å². The van der Waals surface area contributed by atoms with Gasteiger partial charge in [-0.05, 0) is 19.3 Å². The Bertz CT molecular complexity index is 334. The summed E-state index contributed by atoms with van der Waals surface area (Å²) < 4.78 is 10.5. The molecule has 6 heteroatoms. The predicted octanol–water partition coefficient (Wildman–Crippen LogP) is 0.258. The second-order valence-corrected chi connectivity index (χ2v) is 4.95. The average molecular weight is 257 g/mol. The lowest BCUT2D eigenvalue weighted by Gasteiger charge is -2.41. The third-order valence-electron chi connectivity index (χ3n) is 3.87. The monoisotopic (exact) mass is 257 g/mol. The standard InChI is InChI=1S/C12H19NO5/c1-17-12(3-2-4-12)7-10(14)13-5-6-18-9(8-13)11(15)16/h9H,2-8H2,1H3,(H,15,16). The van der Waals surface area contributed by atoms with Crippen molar-refractivity contribution in [3.8, 4) is 0 Å². The number of ether oxygens (including phenoxy) is 2. The third-order valence-corrected chi connectivity index (χ3v) is 3.87. The van der Waals surface area contributed by atoms with Crippen molar-refractivity contribution in [1.82, 2.24) is 4.90 Å². The lowest BCUT2D eigenvalue weighted by Crippen LogP contribution is -2.51. The zero-order chi connectivity index (χ0) is 13.2. The van der Waals surface area contributed by atoms with Crippen LogP contribution in [-0.4, -0.2) is 60.4 Å². The van der Waals surface area contributed by atoms with Crippen LogP contribution in [0.4, 0.5) is 0 Å². The van der Waals surface area contributed by atoms with Crippen molar-refractivity contribution >= 4 is 11.9 Å². The first kappa shape index (κ1) is 13.3. The van der Waals surface area contributed by atoms with Crippen molar-refractivity contribution < 1.29 is 24.2 Å². The van der Waals surface area contributed by atoms with Crippen molar-refractivity contribution in [1.29, 1.82) is 0 Å². The number of hydrogen-bond acceptors (Lipinski definition) is 4. The van der Waals surface area contributed by atoms with E-state index in [0.717, 1.165) is 19.3 Å². The molecule has 1 aliphatic heterocycles. The summed E-state index contributed by atoms with van der Waals surface area (Å²) in [7, 11) is 1.63. The molecule has 2 aliphatic rings. The van der Waals surface area contributed by atoms with E-state index in [2.05, 4.69) is 0 Å². The van der Waals surface area contributed by atoms with Gasteiger partial charge in [-0.1, -0.05) is 0 Å². The number of carbonyl (C=O) groups is 2. The third kappa shape index (κ3) is 2.64. The fourth-order valence-corrected chi connectivity index (χ4v) is 2.44. The molecule has 0 spiro atoms. The van der Waals surface area contributed by atoms with Crippen LogP contribution in [0.2, 0.25) is 0 Å². The smallest absolute Gasteiger partial charge is 0.334 e. The van der Waals surface area contributed by atoms with Gasteiger partial charge in [0.25, 0.3) is 0 Å². The summed E-state index contributed by atoms with van der Waals surface area (Å²) in [6, 6.07) is 0. The summed E-state index contributed by atoms with van der Waals surface area (Å²) in [6.45, 7) is 0.874. The van der Waals surface area contributed by atoms with Gasteiger partial charge in [-0.2, -0.15) is 0 Å². The fourth-order valence-electron chi connectivity index (χ4n) is 2.44. The van der Waals surface area contributed by atoms with Gasteiger partial charge in [0.05, 0.1) is 25.2 Å². The second kappa shape index (κ2) is 5.24.